The lowest BCUT2D eigenvalue weighted by atomic mass is 10.1. The molecule has 0 fully saturated rings. The highest BCUT2D eigenvalue weighted by Gasteiger charge is 2.03. The van der Waals surface area contributed by atoms with E-state index in [2.05, 4.69) is 4.98 Å². The Balaban J connectivity index is 2.29. The number of benzene rings is 1. The van der Waals surface area contributed by atoms with Crippen molar-refractivity contribution in [2.24, 2.45) is 0 Å². The third-order valence-corrected chi connectivity index (χ3v) is 2.52. The van der Waals surface area contributed by atoms with Gasteiger partial charge < -0.3 is 4.57 Å². The monoisotopic (exact) mass is 214 g/mol. The topological polar surface area (TPSA) is 34.9 Å². The van der Waals surface area contributed by atoms with E-state index in [4.69, 9.17) is 0 Å². The summed E-state index contributed by atoms with van der Waals surface area (Å²) in [5, 5.41) is 0. The molecule has 2 aromatic rings. The summed E-state index contributed by atoms with van der Waals surface area (Å²) in [7, 11) is 0. The van der Waals surface area contributed by atoms with Gasteiger partial charge >= 0.3 is 0 Å². The highest BCUT2D eigenvalue weighted by atomic mass is 16.1. The average molecular weight is 214 g/mol. The lowest BCUT2D eigenvalue weighted by molar-refractivity contribution is 0.0988. The number of ketones is 1. The van der Waals surface area contributed by atoms with Crippen molar-refractivity contribution in [2.45, 2.75) is 20.3 Å². The fourth-order valence-corrected chi connectivity index (χ4v) is 1.59. The number of rotatable bonds is 3. The predicted molar refractivity (Wildman–Crippen MR) is 62.9 cm³/mol. The van der Waals surface area contributed by atoms with E-state index in [1.54, 1.807) is 6.33 Å². The Kier molecular flexibility index (Phi) is 2.86. The van der Waals surface area contributed by atoms with Crippen LogP contribution in [0.15, 0.2) is 36.8 Å². The van der Waals surface area contributed by atoms with E-state index in [0.717, 1.165) is 16.9 Å². The Morgan fingerprint density at radius 3 is 2.50 bits per heavy atom. The van der Waals surface area contributed by atoms with Crippen molar-refractivity contribution in [3.63, 3.8) is 0 Å². The molecule has 0 saturated heterocycles. The molecule has 0 N–H and O–H groups in total. The average Bonchev–Trinajstić information content (AvgIpc) is 2.75. The molecular weight excluding hydrogens is 200 g/mol. The molecule has 0 aliphatic heterocycles. The first-order chi connectivity index (χ1) is 7.70. The van der Waals surface area contributed by atoms with Crippen molar-refractivity contribution in [2.75, 3.05) is 0 Å². The zero-order valence-corrected chi connectivity index (χ0v) is 9.47. The summed E-state index contributed by atoms with van der Waals surface area (Å²) in [5.74, 6) is 0.174. The predicted octanol–water partition coefficient (Wildman–Crippen LogP) is 2.77. The molecule has 0 spiro atoms. The fraction of sp³-hybridized carbons (Fsp3) is 0.231. The number of hydrogen-bond donors (Lipinski definition) is 0. The first-order valence-electron chi connectivity index (χ1n) is 5.35. The molecule has 82 valence electrons. The van der Waals surface area contributed by atoms with Crippen LogP contribution >= 0.6 is 0 Å². The molecule has 1 aromatic carbocycles. The Morgan fingerprint density at radius 2 is 2.00 bits per heavy atom. The van der Waals surface area contributed by atoms with Crippen molar-refractivity contribution in [3.05, 3.63) is 48.0 Å². The van der Waals surface area contributed by atoms with Gasteiger partial charge in [-0.2, -0.15) is 0 Å². The van der Waals surface area contributed by atoms with Crippen molar-refractivity contribution < 1.29 is 4.79 Å². The van der Waals surface area contributed by atoms with Crippen molar-refractivity contribution in [1.82, 2.24) is 9.55 Å². The van der Waals surface area contributed by atoms with Crippen LogP contribution in [0.5, 0.6) is 0 Å². The molecule has 3 nitrogen and oxygen atoms in total. The summed E-state index contributed by atoms with van der Waals surface area (Å²) >= 11 is 0. The molecule has 0 radical (unpaired) electrons. The van der Waals surface area contributed by atoms with Gasteiger partial charge in [-0.25, -0.2) is 4.98 Å². The second-order valence-electron chi connectivity index (χ2n) is 3.75. The number of aryl methyl sites for hydroxylation is 1. The first-order valence-corrected chi connectivity index (χ1v) is 5.35. The molecule has 0 bridgehead atoms. The second kappa shape index (κ2) is 4.31. The fourth-order valence-electron chi connectivity index (χ4n) is 1.59. The number of Topliss-reactive ketones (excluding diaryl/α,β-unsaturated/α-hetero) is 1. The van der Waals surface area contributed by atoms with Gasteiger partial charge in [-0.1, -0.05) is 6.92 Å². The standard InChI is InChI=1S/C13H14N2O/c1-3-13(16)11-4-6-12(7-5-11)15-8-10(2)14-9-15/h4-9H,3H2,1-2H3. The van der Waals surface area contributed by atoms with Gasteiger partial charge in [-0.15, -0.1) is 0 Å². The SMILES string of the molecule is CCC(=O)c1ccc(-n2cnc(C)c2)cc1. The normalized spacial score (nSPS) is 10.4. The minimum atomic E-state index is 0.174. The summed E-state index contributed by atoms with van der Waals surface area (Å²) in [5.41, 5.74) is 2.77. The maximum absolute atomic E-state index is 11.4. The van der Waals surface area contributed by atoms with Crippen LogP contribution in [0, 0.1) is 6.92 Å². The van der Waals surface area contributed by atoms with Gasteiger partial charge in [-0.05, 0) is 31.2 Å². The summed E-state index contributed by atoms with van der Waals surface area (Å²) in [6.07, 6.45) is 4.27. The van der Waals surface area contributed by atoms with E-state index < -0.39 is 0 Å². The molecule has 3 heteroatoms. The molecule has 2 rings (SSSR count). The third kappa shape index (κ3) is 2.03. The molecule has 1 heterocycles. The van der Waals surface area contributed by atoms with Crippen molar-refractivity contribution in [3.8, 4) is 5.69 Å². The number of imidazole rings is 1. The lowest BCUT2D eigenvalue weighted by Crippen LogP contribution is -1.97. The van der Waals surface area contributed by atoms with E-state index in [-0.39, 0.29) is 5.78 Å². The second-order valence-corrected chi connectivity index (χ2v) is 3.75. The highest BCUT2D eigenvalue weighted by molar-refractivity contribution is 5.95. The lowest BCUT2D eigenvalue weighted by Gasteiger charge is -2.03. The number of hydrogen-bond acceptors (Lipinski definition) is 2. The molecule has 16 heavy (non-hydrogen) atoms. The van der Waals surface area contributed by atoms with E-state index in [1.807, 2.05) is 48.9 Å². The van der Waals surface area contributed by atoms with Gasteiger partial charge in [0.15, 0.2) is 5.78 Å². The number of aromatic nitrogens is 2. The summed E-state index contributed by atoms with van der Waals surface area (Å²) in [6, 6.07) is 7.58. The van der Waals surface area contributed by atoms with Gasteiger partial charge in [0.25, 0.3) is 0 Å². The molecule has 0 amide bonds. The van der Waals surface area contributed by atoms with E-state index >= 15 is 0 Å². The highest BCUT2D eigenvalue weighted by Crippen LogP contribution is 2.11. The zero-order chi connectivity index (χ0) is 11.5. The summed E-state index contributed by atoms with van der Waals surface area (Å²) in [4.78, 5) is 15.6. The summed E-state index contributed by atoms with van der Waals surface area (Å²) in [6.45, 7) is 3.82. The van der Waals surface area contributed by atoms with Gasteiger partial charge in [0.1, 0.15) is 0 Å². The minimum Gasteiger partial charge on any atom is -0.306 e. The van der Waals surface area contributed by atoms with Gasteiger partial charge in [0.2, 0.25) is 0 Å². The molecular formula is C13H14N2O. The van der Waals surface area contributed by atoms with Gasteiger partial charge in [0.05, 0.1) is 12.0 Å². The van der Waals surface area contributed by atoms with Crippen LogP contribution in [-0.4, -0.2) is 15.3 Å². The largest absolute Gasteiger partial charge is 0.306 e. The van der Waals surface area contributed by atoms with Gasteiger partial charge in [0, 0.05) is 23.9 Å². The van der Waals surface area contributed by atoms with Crippen LogP contribution in [-0.2, 0) is 0 Å². The number of nitrogens with zero attached hydrogens (tertiary/aromatic N) is 2. The van der Waals surface area contributed by atoms with Crippen LogP contribution < -0.4 is 0 Å². The van der Waals surface area contributed by atoms with E-state index in [1.165, 1.54) is 0 Å². The van der Waals surface area contributed by atoms with Crippen molar-refractivity contribution in [1.29, 1.82) is 0 Å². The molecule has 0 aliphatic rings. The van der Waals surface area contributed by atoms with Crippen LogP contribution in [0.25, 0.3) is 5.69 Å². The Morgan fingerprint density at radius 1 is 1.31 bits per heavy atom. The molecule has 0 aliphatic carbocycles. The smallest absolute Gasteiger partial charge is 0.162 e. The quantitative estimate of drug-likeness (QED) is 0.736. The van der Waals surface area contributed by atoms with E-state index in [0.29, 0.717) is 6.42 Å². The van der Waals surface area contributed by atoms with Crippen LogP contribution in [0.2, 0.25) is 0 Å². The van der Waals surface area contributed by atoms with Crippen LogP contribution in [0.3, 0.4) is 0 Å². The summed E-state index contributed by atoms with van der Waals surface area (Å²) < 4.78 is 1.94. The molecule has 1 aromatic heterocycles. The van der Waals surface area contributed by atoms with Crippen LogP contribution in [0.1, 0.15) is 29.4 Å². The van der Waals surface area contributed by atoms with Crippen molar-refractivity contribution >= 4 is 5.78 Å². The van der Waals surface area contributed by atoms with Gasteiger partial charge in [-0.3, -0.25) is 4.79 Å². The zero-order valence-electron chi connectivity index (χ0n) is 9.47. The minimum absolute atomic E-state index is 0.174. The Bertz CT molecular complexity index is 497. The van der Waals surface area contributed by atoms with Crippen LogP contribution in [0.4, 0.5) is 0 Å². The van der Waals surface area contributed by atoms with E-state index in [9.17, 15) is 4.79 Å². The molecule has 0 atom stereocenters. The molecule has 0 unspecified atom stereocenters. The Hall–Kier alpha value is -1.90. The first kappa shape index (κ1) is 10.6. The number of carbonyl (C=O) groups excluding carboxylic acids is 1. The third-order valence-electron chi connectivity index (χ3n) is 2.52. The Labute approximate surface area is 94.7 Å². The molecule has 0 saturated carbocycles. The maximum atomic E-state index is 11.4. The number of carbonyl (C=O) groups is 1. The maximum Gasteiger partial charge on any atom is 0.162 e.